The van der Waals surface area contributed by atoms with Crippen LogP contribution in [0.4, 0.5) is 0 Å². The molecule has 0 radical (unpaired) electrons. The van der Waals surface area contributed by atoms with Gasteiger partial charge in [0.25, 0.3) is 0 Å². The number of benzene rings is 1. The molecule has 0 bridgehead atoms. The number of aliphatic hydroxyl groups is 1. The fourth-order valence-corrected chi connectivity index (χ4v) is 3.92. The number of nitrogens with two attached hydrogens (primary N) is 1. The maximum atomic E-state index is 10.9. The first-order chi connectivity index (χ1) is 10.2. The zero-order valence-corrected chi connectivity index (χ0v) is 13.6. The van der Waals surface area contributed by atoms with Crippen LogP contribution in [0.2, 0.25) is 0 Å². The van der Waals surface area contributed by atoms with Gasteiger partial charge in [0, 0.05) is 5.41 Å². The third-order valence-electron chi connectivity index (χ3n) is 5.63. The zero-order valence-electron chi connectivity index (χ0n) is 13.6. The van der Waals surface area contributed by atoms with Gasteiger partial charge in [-0.3, -0.25) is 0 Å². The number of hydrogen-bond acceptors (Lipinski definition) is 2. The third-order valence-corrected chi connectivity index (χ3v) is 5.63. The van der Waals surface area contributed by atoms with E-state index >= 15 is 0 Å². The van der Waals surface area contributed by atoms with Crippen LogP contribution in [0.15, 0.2) is 24.3 Å². The Bertz CT molecular complexity index is 416. The number of hydrogen-bond donors (Lipinski definition) is 2. The lowest BCUT2D eigenvalue weighted by Crippen LogP contribution is -2.30. The molecule has 1 fully saturated rings. The molecular formula is C19H31NO. The van der Waals surface area contributed by atoms with E-state index < -0.39 is 0 Å². The van der Waals surface area contributed by atoms with Crippen molar-refractivity contribution in [3.63, 3.8) is 0 Å². The van der Waals surface area contributed by atoms with Gasteiger partial charge in [0.1, 0.15) is 0 Å². The van der Waals surface area contributed by atoms with Gasteiger partial charge in [0.2, 0.25) is 0 Å². The molecule has 1 saturated carbocycles. The van der Waals surface area contributed by atoms with Crippen molar-refractivity contribution in [1.29, 1.82) is 0 Å². The van der Waals surface area contributed by atoms with Crippen LogP contribution in [0.3, 0.4) is 0 Å². The van der Waals surface area contributed by atoms with Crippen LogP contribution in [0.25, 0.3) is 0 Å². The first-order valence-electron chi connectivity index (χ1n) is 8.65. The largest absolute Gasteiger partial charge is 0.388 e. The van der Waals surface area contributed by atoms with Gasteiger partial charge in [-0.05, 0) is 49.3 Å². The summed E-state index contributed by atoms with van der Waals surface area (Å²) in [6, 6.07) is 8.55. The highest BCUT2D eigenvalue weighted by Crippen LogP contribution is 2.48. The summed E-state index contributed by atoms with van der Waals surface area (Å²) in [6.45, 7) is 5.09. The fourth-order valence-electron chi connectivity index (χ4n) is 3.92. The highest BCUT2D eigenvalue weighted by molar-refractivity contribution is 5.28. The molecule has 2 heteroatoms. The molecule has 0 spiro atoms. The number of aliphatic hydroxyl groups excluding tert-OH is 1. The minimum atomic E-state index is -0.324. The van der Waals surface area contributed by atoms with Crippen LogP contribution >= 0.6 is 0 Å². The van der Waals surface area contributed by atoms with Gasteiger partial charge in [-0.15, -0.1) is 0 Å². The van der Waals surface area contributed by atoms with E-state index in [1.54, 1.807) is 0 Å². The van der Waals surface area contributed by atoms with Gasteiger partial charge < -0.3 is 10.8 Å². The van der Waals surface area contributed by atoms with Crippen molar-refractivity contribution in [2.75, 3.05) is 6.54 Å². The lowest BCUT2D eigenvalue weighted by molar-refractivity contribution is -0.00911. The summed E-state index contributed by atoms with van der Waals surface area (Å²) in [7, 11) is 0. The Hall–Kier alpha value is -0.860. The fraction of sp³-hybridized carbons (Fsp3) is 0.684. The Morgan fingerprint density at radius 2 is 1.62 bits per heavy atom. The maximum Gasteiger partial charge on any atom is 0.0846 e. The van der Waals surface area contributed by atoms with E-state index in [4.69, 9.17) is 5.73 Å². The predicted octanol–water partition coefficient (Wildman–Crippen LogP) is 4.53. The molecule has 1 aromatic rings. The minimum Gasteiger partial charge on any atom is -0.388 e. The highest BCUT2D eigenvalue weighted by Gasteiger charge is 2.38. The summed E-state index contributed by atoms with van der Waals surface area (Å²) in [4.78, 5) is 0. The summed E-state index contributed by atoms with van der Waals surface area (Å²) in [5.41, 5.74) is 8.29. The molecule has 2 unspecified atom stereocenters. The minimum absolute atomic E-state index is 0.0950. The Labute approximate surface area is 129 Å². The highest BCUT2D eigenvalue weighted by atomic mass is 16.3. The van der Waals surface area contributed by atoms with Gasteiger partial charge in [0.05, 0.1) is 6.10 Å². The molecule has 118 valence electrons. The monoisotopic (exact) mass is 289 g/mol. The molecule has 0 heterocycles. The molecular weight excluding hydrogens is 258 g/mol. The third kappa shape index (κ3) is 3.49. The van der Waals surface area contributed by atoms with E-state index in [1.165, 1.54) is 24.8 Å². The Kier molecular flexibility index (Phi) is 5.83. The lowest BCUT2D eigenvalue weighted by atomic mass is 9.67. The van der Waals surface area contributed by atoms with Crippen molar-refractivity contribution < 1.29 is 5.11 Å². The van der Waals surface area contributed by atoms with E-state index in [1.807, 2.05) is 0 Å². The average Bonchev–Trinajstić information content (AvgIpc) is 2.56. The molecule has 2 atom stereocenters. The first-order valence-corrected chi connectivity index (χ1v) is 8.65. The second-order valence-electron chi connectivity index (χ2n) is 6.69. The summed E-state index contributed by atoms with van der Waals surface area (Å²) in [5.74, 6) is 0.436. The van der Waals surface area contributed by atoms with Crippen LogP contribution in [-0.4, -0.2) is 11.7 Å². The average molecular weight is 289 g/mol. The molecule has 21 heavy (non-hydrogen) atoms. The SMILES string of the molecule is CCC(CN)c1ccc(C(O)C2(CC)CCCCC2)cc1. The van der Waals surface area contributed by atoms with Gasteiger partial charge in [-0.1, -0.05) is 57.4 Å². The van der Waals surface area contributed by atoms with Crippen molar-refractivity contribution in [1.82, 2.24) is 0 Å². The Balaban J connectivity index is 2.17. The van der Waals surface area contributed by atoms with Crippen LogP contribution in [0, 0.1) is 5.41 Å². The summed E-state index contributed by atoms with van der Waals surface area (Å²) in [6.07, 6.45) is 7.96. The van der Waals surface area contributed by atoms with Crippen LogP contribution in [0.1, 0.15) is 81.9 Å². The topological polar surface area (TPSA) is 46.2 Å². The molecule has 3 N–H and O–H groups in total. The van der Waals surface area contributed by atoms with Crippen molar-refractivity contribution in [2.24, 2.45) is 11.1 Å². The lowest BCUT2D eigenvalue weighted by Gasteiger charge is -2.41. The van der Waals surface area contributed by atoms with E-state index in [9.17, 15) is 5.11 Å². The number of rotatable bonds is 6. The van der Waals surface area contributed by atoms with Gasteiger partial charge in [0.15, 0.2) is 0 Å². The van der Waals surface area contributed by atoms with Crippen molar-refractivity contribution in [2.45, 2.75) is 70.8 Å². The smallest absolute Gasteiger partial charge is 0.0846 e. The Morgan fingerprint density at radius 1 is 1.05 bits per heavy atom. The van der Waals surface area contributed by atoms with Crippen molar-refractivity contribution in [3.8, 4) is 0 Å². The molecule has 1 aliphatic carbocycles. The van der Waals surface area contributed by atoms with Crippen molar-refractivity contribution in [3.05, 3.63) is 35.4 Å². The molecule has 0 amide bonds. The summed E-state index contributed by atoms with van der Waals surface area (Å²) < 4.78 is 0. The first kappa shape index (κ1) is 16.5. The second kappa shape index (κ2) is 7.42. The summed E-state index contributed by atoms with van der Waals surface area (Å²) in [5, 5.41) is 10.9. The van der Waals surface area contributed by atoms with Crippen molar-refractivity contribution >= 4 is 0 Å². The van der Waals surface area contributed by atoms with E-state index in [2.05, 4.69) is 38.1 Å². The molecule has 1 aliphatic rings. The molecule has 0 saturated heterocycles. The van der Waals surface area contributed by atoms with E-state index in [-0.39, 0.29) is 11.5 Å². The second-order valence-corrected chi connectivity index (χ2v) is 6.69. The van der Waals surface area contributed by atoms with Crippen LogP contribution in [0.5, 0.6) is 0 Å². The summed E-state index contributed by atoms with van der Waals surface area (Å²) >= 11 is 0. The molecule has 1 aromatic carbocycles. The maximum absolute atomic E-state index is 10.9. The normalized spacial score (nSPS) is 21.0. The predicted molar refractivity (Wildman–Crippen MR) is 89.3 cm³/mol. The Morgan fingerprint density at radius 3 is 2.10 bits per heavy atom. The molecule has 0 aromatic heterocycles. The van der Waals surface area contributed by atoms with E-state index in [0.29, 0.717) is 12.5 Å². The molecule has 2 nitrogen and oxygen atoms in total. The quantitative estimate of drug-likeness (QED) is 0.808. The zero-order chi connectivity index (χ0) is 15.3. The van der Waals surface area contributed by atoms with Gasteiger partial charge in [-0.2, -0.15) is 0 Å². The van der Waals surface area contributed by atoms with Gasteiger partial charge >= 0.3 is 0 Å². The van der Waals surface area contributed by atoms with Gasteiger partial charge in [-0.25, -0.2) is 0 Å². The molecule has 0 aliphatic heterocycles. The standard InChI is InChI=1S/C19H31NO/c1-3-15(14-20)16-8-10-17(11-9-16)18(21)19(4-2)12-6-5-7-13-19/h8-11,15,18,21H,3-7,12-14,20H2,1-2H3. The van der Waals surface area contributed by atoms with Crippen LogP contribution < -0.4 is 5.73 Å². The molecule has 2 rings (SSSR count). The van der Waals surface area contributed by atoms with Crippen LogP contribution in [-0.2, 0) is 0 Å². The van der Waals surface area contributed by atoms with E-state index in [0.717, 1.165) is 31.2 Å².